The monoisotopic (exact) mass is 282 g/mol. The highest BCUT2D eigenvalue weighted by molar-refractivity contribution is 7.89. The van der Waals surface area contributed by atoms with E-state index in [1.165, 1.54) is 12.8 Å². The van der Waals surface area contributed by atoms with Crippen LogP contribution in [0, 0.1) is 5.92 Å². The third-order valence-corrected chi connectivity index (χ3v) is 4.67. The van der Waals surface area contributed by atoms with Crippen molar-refractivity contribution >= 4 is 21.6 Å². The smallest absolute Gasteiger partial charge is 0.211 e. The molecule has 1 aliphatic heterocycles. The lowest BCUT2D eigenvalue weighted by molar-refractivity contribution is 0.288. The van der Waals surface area contributed by atoms with Gasteiger partial charge < -0.3 is 4.90 Å². The van der Waals surface area contributed by atoms with Crippen LogP contribution in [0.2, 0.25) is 0 Å². The molecule has 4 nitrogen and oxygen atoms in total. The van der Waals surface area contributed by atoms with Gasteiger partial charge in [0.2, 0.25) is 10.0 Å². The van der Waals surface area contributed by atoms with Crippen LogP contribution in [0.3, 0.4) is 0 Å². The van der Waals surface area contributed by atoms with Crippen LogP contribution in [0.15, 0.2) is 0 Å². The van der Waals surface area contributed by atoms with Crippen molar-refractivity contribution in [1.29, 1.82) is 0 Å². The Morgan fingerprint density at radius 3 is 2.59 bits per heavy atom. The summed E-state index contributed by atoms with van der Waals surface area (Å²) >= 11 is 5.48. The summed E-state index contributed by atoms with van der Waals surface area (Å²) in [6.07, 6.45) is 3.06. The molecule has 0 radical (unpaired) electrons. The summed E-state index contributed by atoms with van der Waals surface area (Å²) in [4.78, 5) is 2.40. The molecule has 1 heterocycles. The molecule has 102 valence electrons. The second-order valence-corrected chi connectivity index (χ2v) is 7.13. The van der Waals surface area contributed by atoms with Gasteiger partial charge in [-0.15, -0.1) is 11.6 Å². The molecule has 1 saturated heterocycles. The molecular weight excluding hydrogens is 260 g/mol. The van der Waals surface area contributed by atoms with E-state index in [0.717, 1.165) is 19.6 Å². The van der Waals surface area contributed by atoms with E-state index in [1.807, 2.05) is 0 Å². The summed E-state index contributed by atoms with van der Waals surface area (Å²) in [5.74, 6) is 0.885. The van der Waals surface area contributed by atoms with Crippen LogP contribution in [0.25, 0.3) is 0 Å². The summed E-state index contributed by atoms with van der Waals surface area (Å²) in [7, 11) is -3.13. The van der Waals surface area contributed by atoms with E-state index in [2.05, 4.69) is 16.5 Å². The number of sulfonamides is 1. The molecule has 0 aromatic rings. The Labute approximate surface area is 110 Å². The maximum Gasteiger partial charge on any atom is 0.211 e. The Hall–Kier alpha value is 0.160. The molecule has 1 fully saturated rings. The van der Waals surface area contributed by atoms with Gasteiger partial charge in [-0.05, 0) is 38.3 Å². The molecule has 0 aromatic carbocycles. The number of likely N-dealkylation sites (tertiary alicyclic amines) is 1. The van der Waals surface area contributed by atoms with Crippen LogP contribution >= 0.6 is 11.6 Å². The Morgan fingerprint density at radius 1 is 1.35 bits per heavy atom. The van der Waals surface area contributed by atoms with Crippen molar-refractivity contribution < 1.29 is 8.42 Å². The summed E-state index contributed by atoms with van der Waals surface area (Å²) < 4.78 is 25.7. The molecule has 17 heavy (non-hydrogen) atoms. The second kappa shape index (κ2) is 7.56. The number of rotatable bonds is 8. The first-order valence-corrected chi connectivity index (χ1v) is 8.48. The van der Waals surface area contributed by atoms with E-state index in [9.17, 15) is 8.42 Å². The molecule has 0 aromatic heterocycles. The van der Waals surface area contributed by atoms with Crippen molar-refractivity contribution in [3.8, 4) is 0 Å². The van der Waals surface area contributed by atoms with Crippen molar-refractivity contribution in [2.24, 2.45) is 5.92 Å². The third-order valence-electron chi connectivity index (χ3n) is 2.97. The number of hydrogen-bond donors (Lipinski definition) is 1. The van der Waals surface area contributed by atoms with E-state index in [0.29, 0.717) is 24.8 Å². The quantitative estimate of drug-likeness (QED) is 0.682. The van der Waals surface area contributed by atoms with Crippen LogP contribution in [-0.4, -0.2) is 51.1 Å². The Morgan fingerprint density at radius 2 is 2.00 bits per heavy atom. The van der Waals surface area contributed by atoms with Gasteiger partial charge in [0.15, 0.2) is 0 Å². The van der Waals surface area contributed by atoms with Crippen molar-refractivity contribution in [1.82, 2.24) is 9.62 Å². The summed E-state index contributed by atoms with van der Waals surface area (Å²) in [5.41, 5.74) is 0. The minimum atomic E-state index is -3.13. The maximum atomic E-state index is 11.5. The molecule has 1 atom stereocenters. The molecule has 0 saturated carbocycles. The van der Waals surface area contributed by atoms with Crippen molar-refractivity contribution in [2.75, 3.05) is 37.8 Å². The summed E-state index contributed by atoms with van der Waals surface area (Å²) in [6, 6.07) is 0. The zero-order valence-electron chi connectivity index (χ0n) is 10.5. The van der Waals surface area contributed by atoms with Gasteiger partial charge >= 0.3 is 0 Å². The predicted molar refractivity (Wildman–Crippen MR) is 72.0 cm³/mol. The summed E-state index contributed by atoms with van der Waals surface area (Å²) in [5, 5.41) is 0. The first kappa shape index (κ1) is 15.2. The molecule has 6 heteroatoms. The maximum absolute atomic E-state index is 11.5. The van der Waals surface area contributed by atoms with Gasteiger partial charge in [0, 0.05) is 19.0 Å². The summed E-state index contributed by atoms with van der Waals surface area (Å²) in [6.45, 7) is 5.91. The molecule has 1 rings (SSSR count). The van der Waals surface area contributed by atoms with Crippen molar-refractivity contribution in [3.05, 3.63) is 0 Å². The number of nitrogens with one attached hydrogen (secondary N) is 1. The van der Waals surface area contributed by atoms with Crippen LogP contribution in [0.5, 0.6) is 0 Å². The highest BCUT2D eigenvalue weighted by Gasteiger charge is 2.16. The highest BCUT2D eigenvalue weighted by atomic mass is 35.5. The van der Waals surface area contributed by atoms with Crippen molar-refractivity contribution in [2.45, 2.75) is 26.2 Å². The molecule has 1 unspecified atom stereocenters. The number of halogens is 1. The second-order valence-electron chi connectivity index (χ2n) is 4.82. The van der Waals surface area contributed by atoms with Gasteiger partial charge in [-0.1, -0.05) is 6.92 Å². The normalized spacial score (nSPS) is 19.6. The number of nitrogens with zero attached hydrogens (tertiary/aromatic N) is 1. The molecule has 0 spiro atoms. The molecule has 1 N–H and O–H groups in total. The predicted octanol–water partition coefficient (Wildman–Crippen LogP) is 1.27. The zero-order valence-corrected chi connectivity index (χ0v) is 12.1. The molecule has 0 amide bonds. The Balaban J connectivity index is 2.19. The van der Waals surface area contributed by atoms with Crippen LogP contribution < -0.4 is 4.72 Å². The fourth-order valence-corrected chi connectivity index (χ4v) is 3.56. The van der Waals surface area contributed by atoms with Gasteiger partial charge in [0.25, 0.3) is 0 Å². The lowest BCUT2D eigenvalue weighted by atomic mass is 10.2. The highest BCUT2D eigenvalue weighted by Crippen LogP contribution is 2.09. The van der Waals surface area contributed by atoms with E-state index in [-0.39, 0.29) is 5.75 Å². The molecule has 0 aliphatic carbocycles. The average Bonchev–Trinajstić information content (AvgIpc) is 2.77. The van der Waals surface area contributed by atoms with E-state index in [4.69, 9.17) is 11.6 Å². The third kappa shape index (κ3) is 6.60. The van der Waals surface area contributed by atoms with E-state index >= 15 is 0 Å². The minimum Gasteiger partial charge on any atom is -0.303 e. The van der Waals surface area contributed by atoms with Crippen LogP contribution in [0.4, 0.5) is 0 Å². The number of alkyl halides is 1. The van der Waals surface area contributed by atoms with Gasteiger partial charge in [0.1, 0.15) is 0 Å². The Bertz CT molecular complexity index is 303. The Kier molecular flexibility index (Phi) is 6.77. The topological polar surface area (TPSA) is 49.4 Å². The largest absolute Gasteiger partial charge is 0.303 e. The lowest BCUT2D eigenvalue weighted by Gasteiger charge is -2.20. The average molecular weight is 283 g/mol. The minimum absolute atomic E-state index is 0.132. The van der Waals surface area contributed by atoms with Gasteiger partial charge in [-0.2, -0.15) is 0 Å². The van der Waals surface area contributed by atoms with E-state index in [1.54, 1.807) is 0 Å². The van der Waals surface area contributed by atoms with Crippen LogP contribution in [-0.2, 0) is 10.0 Å². The van der Waals surface area contributed by atoms with Crippen molar-refractivity contribution in [3.63, 3.8) is 0 Å². The fraction of sp³-hybridized carbons (Fsp3) is 1.00. The standard InChI is InChI=1S/C11H23ClN2O2S/c1-11(10-14-6-2-3-7-14)9-13-17(15,16)8-4-5-12/h11,13H,2-10H2,1H3. The SMILES string of the molecule is CC(CNS(=O)(=O)CCCCl)CN1CCCC1. The van der Waals surface area contributed by atoms with Gasteiger partial charge in [-0.3, -0.25) is 0 Å². The molecule has 1 aliphatic rings. The lowest BCUT2D eigenvalue weighted by Crippen LogP contribution is -2.35. The fourth-order valence-electron chi connectivity index (χ4n) is 2.06. The van der Waals surface area contributed by atoms with Gasteiger partial charge in [0.05, 0.1) is 5.75 Å². The molecule has 0 bridgehead atoms. The number of hydrogen-bond acceptors (Lipinski definition) is 3. The van der Waals surface area contributed by atoms with Gasteiger partial charge in [-0.25, -0.2) is 13.1 Å². The molecular formula is C11H23ClN2O2S. The van der Waals surface area contributed by atoms with Crippen LogP contribution in [0.1, 0.15) is 26.2 Å². The zero-order chi connectivity index (χ0) is 12.7. The first-order valence-electron chi connectivity index (χ1n) is 6.29. The van der Waals surface area contributed by atoms with E-state index < -0.39 is 10.0 Å². The first-order chi connectivity index (χ1) is 8.03.